The summed E-state index contributed by atoms with van der Waals surface area (Å²) in [6, 6.07) is 16.2. The summed E-state index contributed by atoms with van der Waals surface area (Å²) in [5, 5.41) is 14.8. The topological polar surface area (TPSA) is 105 Å². The molecule has 4 rings (SSSR count). The first-order valence-electron chi connectivity index (χ1n) is 11.6. The molecule has 34 heavy (non-hydrogen) atoms. The molecule has 7 heteroatoms. The lowest BCUT2D eigenvalue weighted by molar-refractivity contribution is -0.147. The van der Waals surface area contributed by atoms with Crippen molar-refractivity contribution in [3.8, 4) is 23.0 Å². The van der Waals surface area contributed by atoms with Crippen molar-refractivity contribution in [1.82, 2.24) is 10.6 Å². The van der Waals surface area contributed by atoms with Crippen molar-refractivity contribution < 1.29 is 24.2 Å². The Morgan fingerprint density at radius 1 is 0.941 bits per heavy atom. The molecule has 2 aliphatic carbocycles. The normalized spacial score (nSPS) is 16.1. The molecule has 2 amide bonds. The number of hydrogen-bond acceptors (Lipinski definition) is 4. The maximum atomic E-state index is 12.2. The van der Waals surface area contributed by atoms with E-state index in [0.29, 0.717) is 12.8 Å². The number of hydrogen-bond donors (Lipinski definition) is 3. The van der Waals surface area contributed by atoms with Crippen LogP contribution in [0.2, 0.25) is 0 Å². The lowest BCUT2D eigenvalue weighted by Gasteiger charge is -2.28. The van der Waals surface area contributed by atoms with Crippen LogP contribution < -0.4 is 10.6 Å². The minimum Gasteiger partial charge on any atom is -0.480 e. The minimum atomic E-state index is -1.26. The van der Waals surface area contributed by atoms with Gasteiger partial charge in [-0.25, -0.2) is 9.59 Å². The SMILES string of the molecule is O=C(C#CCNC(=O)OCC1c2ccccc2-c2ccccc21)NC1(C(=O)O)CCCCCC1. The van der Waals surface area contributed by atoms with Crippen LogP contribution in [-0.4, -0.2) is 41.8 Å². The highest BCUT2D eigenvalue weighted by atomic mass is 16.5. The molecule has 1 saturated carbocycles. The van der Waals surface area contributed by atoms with Gasteiger partial charge in [-0.3, -0.25) is 4.79 Å². The summed E-state index contributed by atoms with van der Waals surface area (Å²) in [5.41, 5.74) is 3.29. The second kappa shape index (κ2) is 10.4. The van der Waals surface area contributed by atoms with Crippen LogP contribution >= 0.6 is 0 Å². The monoisotopic (exact) mass is 460 g/mol. The Hall–Kier alpha value is -3.79. The lowest BCUT2D eigenvalue weighted by atomic mass is 9.90. The van der Waals surface area contributed by atoms with Crippen molar-refractivity contribution >= 4 is 18.0 Å². The Morgan fingerprint density at radius 3 is 2.12 bits per heavy atom. The standard InChI is InChI=1S/C27H28N2O5/c30-24(29-27(25(31)32)15-7-1-2-8-16-27)14-9-17-28-26(33)34-18-23-21-12-5-3-10-19(21)20-11-4-6-13-22(20)23/h3-6,10-13,23H,1-2,7-8,15-18H2,(H,28,33)(H,29,30)(H,31,32). The third-order valence-electron chi connectivity index (χ3n) is 6.59. The summed E-state index contributed by atoms with van der Waals surface area (Å²) in [6.45, 7) is 0.110. The number of fused-ring (bicyclic) bond motifs is 3. The van der Waals surface area contributed by atoms with Crippen molar-refractivity contribution in [3.05, 3.63) is 59.7 Å². The highest BCUT2D eigenvalue weighted by Crippen LogP contribution is 2.44. The van der Waals surface area contributed by atoms with E-state index in [2.05, 4.69) is 34.6 Å². The van der Waals surface area contributed by atoms with Crippen LogP contribution in [0.25, 0.3) is 11.1 Å². The average molecular weight is 461 g/mol. The van der Waals surface area contributed by atoms with E-state index in [1.54, 1.807) is 0 Å². The van der Waals surface area contributed by atoms with E-state index >= 15 is 0 Å². The van der Waals surface area contributed by atoms with Gasteiger partial charge in [0.25, 0.3) is 5.91 Å². The van der Waals surface area contributed by atoms with Gasteiger partial charge in [0.15, 0.2) is 0 Å². The van der Waals surface area contributed by atoms with Crippen molar-refractivity contribution in [2.45, 2.75) is 50.0 Å². The fourth-order valence-corrected chi connectivity index (χ4v) is 4.86. The van der Waals surface area contributed by atoms with Crippen molar-refractivity contribution in [2.24, 2.45) is 0 Å². The Balaban J connectivity index is 1.28. The van der Waals surface area contributed by atoms with Crippen LogP contribution in [0.4, 0.5) is 4.79 Å². The van der Waals surface area contributed by atoms with Gasteiger partial charge in [0.05, 0.1) is 6.54 Å². The van der Waals surface area contributed by atoms with Crippen molar-refractivity contribution in [1.29, 1.82) is 0 Å². The average Bonchev–Trinajstić information content (AvgIpc) is 2.96. The van der Waals surface area contributed by atoms with Gasteiger partial charge < -0.3 is 20.5 Å². The second-order valence-electron chi connectivity index (χ2n) is 8.74. The van der Waals surface area contributed by atoms with Crippen LogP contribution in [0.5, 0.6) is 0 Å². The Bertz CT molecular complexity index is 1090. The molecule has 2 aromatic rings. The molecule has 0 aromatic heterocycles. The maximum Gasteiger partial charge on any atom is 0.407 e. The molecule has 0 atom stereocenters. The van der Waals surface area contributed by atoms with E-state index in [1.807, 2.05) is 36.4 Å². The first-order valence-corrected chi connectivity index (χ1v) is 11.6. The van der Waals surface area contributed by atoms with Crippen LogP contribution in [0.15, 0.2) is 48.5 Å². The van der Waals surface area contributed by atoms with E-state index in [4.69, 9.17) is 4.74 Å². The molecule has 2 aromatic carbocycles. The van der Waals surface area contributed by atoms with E-state index in [0.717, 1.165) is 47.9 Å². The number of benzene rings is 2. The third kappa shape index (κ3) is 5.07. The zero-order valence-electron chi connectivity index (χ0n) is 18.9. The van der Waals surface area contributed by atoms with E-state index < -0.39 is 23.5 Å². The molecule has 0 heterocycles. The van der Waals surface area contributed by atoms with Gasteiger partial charge >= 0.3 is 12.1 Å². The van der Waals surface area contributed by atoms with Crippen molar-refractivity contribution in [2.75, 3.05) is 13.2 Å². The molecule has 0 radical (unpaired) electrons. The maximum absolute atomic E-state index is 12.2. The molecular weight excluding hydrogens is 432 g/mol. The molecule has 3 N–H and O–H groups in total. The number of carbonyl (C=O) groups excluding carboxylic acids is 2. The number of amides is 2. The minimum absolute atomic E-state index is 0.0400. The zero-order chi connectivity index (χ0) is 24.0. The summed E-state index contributed by atoms with van der Waals surface area (Å²) in [4.78, 5) is 36.2. The van der Waals surface area contributed by atoms with Crippen LogP contribution in [0.3, 0.4) is 0 Å². The predicted molar refractivity (Wildman–Crippen MR) is 127 cm³/mol. The van der Waals surface area contributed by atoms with E-state index in [-0.39, 0.29) is 19.1 Å². The smallest absolute Gasteiger partial charge is 0.407 e. The molecule has 0 bridgehead atoms. The number of nitrogens with one attached hydrogen (secondary N) is 2. The fraction of sp³-hybridized carbons (Fsp3) is 0.370. The Kier molecular flexibility index (Phi) is 7.17. The lowest BCUT2D eigenvalue weighted by Crippen LogP contribution is -2.54. The molecular formula is C27H28N2O5. The van der Waals surface area contributed by atoms with Gasteiger partial charge in [0, 0.05) is 5.92 Å². The highest BCUT2D eigenvalue weighted by molar-refractivity contribution is 5.97. The zero-order valence-corrected chi connectivity index (χ0v) is 18.9. The molecule has 0 saturated heterocycles. The Labute approximate surface area is 198 Å². The van der Waals surface area contributed by atoms with Gasteiger partial charge in [0.2, 0.25) is 0 Å². The molecule has 0 aliphatic heterocycles. The third-order valence-corrected chi connectivity index (χ3v) is 6.59. The van der Waals surface area contributed by atoms with Gasteiger partial charge in [-0.05, 0) is 41.0 Å². The number of aliphatic carboxylic acids is 1. The molecule has 1 fully saturated rings. The molecule has 0 unspecified atom stereocenters. The van der Waals surface area contributed by atoms with Gasteiger partial charge in [-0.2, -0.15) is 0 Å². The summed E-state index contributed by atoms with van der Waals surface area (Å²) >= 11 is 0. The summed E-state index contributed by atoms with van der Waals surface area (Å²) < 4.78 is 5.43. The second-order valence-corrected chi connectivity index (χ2v) is 8.74. The molecule has 176 valence electrons. The molecule has 0 spiro atoms. The van der Waals surface area contributed by atoms with Gasteiger partial charge in [0.1, 0.15) is 12.1 Å². The van der Waals surface area contributed by atoms with Crippen LogP contribution in [0.1, 0.15) is 55.6 Å². The summed E-state index contributed by atoms with van der Waals surface area (Å²) in [6.07, 6.45) is 3.59. The number of rotatable bonds is 5. The molecule has 2 aliphatic rings. The van der Waals surface area contributed by atoms with Crippen molar-refractivity contribution in [3.63, 3.8) is 0 Å². The summed E-state index contributed by atoms with van der Waals surface area (Å²) in [5.74, 6) is 3.22. The predicted octanol–water partition coefficient (Wildman–Crippen LogP) is 3.82. The van der Waals surface area contributed by atoms with Crippen LogP contribution in [-0.2, 0) is 14.3 Å². The number of carbonyl (C=O) groups is 3. The Morgan fingerprint density at radius 2 is 1.53 bits per heavy atom. The molecule has 7 nitrogen and oxygen atoms in total. The largest absolute Gasteiger partial charge is 0.480 e. The summed E-state index contributed by atoms with van der Waals surface area (Å²) in [7, 11) is 0. The highest BCUT2D eigenvalue weighted by Gasteiger charge is 2.39. The fourth-order valence-electron chi connectivity index (χ4n) is 4.86. The first kappa shape index (κ1) is 23.4. The number of carboxylic acid groups (broad SMARTS) is 1. The number of carboxylic acids is 1. The number of alkyl carbamates (subject to hydrolysis) is 1. The van der Waals surface area contributed by atoms with Gasteiger partial charge in [-0.1, -0.05) is 80.1 Å². The first-order chi connectivity index (χ1) is 16.5. The van der Waals surface area contributed by atoms with E-state index in [9.17, 15) is 19.5 Å². The van der Waals surface area contributed by atoms with Crippen LogP contribution in [0, 0.1) is 11.8 Å². The van der Waals surface area contributed by atoms with E-state index in [1.165, 1.54) is 0 Å². The van der Waals surface area contributed by atoms with Gasteiger partial charge in [-0.15, -0.1) is 0 Å². The quantitative estimate of drug-likeness (QED) is 0.465. The number of ether oxygens (including phenoxy) is 1.